The van der Waals surface area contributed by atoms with E-state index >= 15 is 0 Å². The Hall–Kier alpha value is -2.28. The van der Waals surface area contributed by atoms with Gasteiger partial charge in [0.2, 0.25) is 11.7 Å². The summed E-state index contributed by atoms with van der Waals surface area (Å²) in [7, 11) is 0. The molecule has 7 nitrogen and oxygen atoms in total. The van der Waals surface area contributed by atoms with Crippen LogP contribution in [-0.2, 0) is 0 Å². The van der Waals surface area contributed by atoms with Gasteiger partial charge in [-0.2, -0.15) is 4.98 Å². The van der Waals surface area contributed by atoms with Crippen molar-refractivity contribution in [1.29, 1.82) is 0 Å². The molecular weight excluding hydrogens is 260 g/mol. The molecule has 0 radical (unpaired) electrons. The van der Waals surface area contributed by atoms with Crippen molar-refractivity contribution in [2.75, 3.05) is 0 Å². The first-order chi connectivity index (χ1) is 9.52. The van der Waals surface area contributed by atoms with Crippen LogP contribution in [-0.4, -0.2) is 15.1 Å². The largest absolute Gasteiger partial charge is 0.337 e. The summed E-state index contributed by atoms with van der Waals surface area (Å²) in [5.74, 6) is 0.681. The van der Waals surface area contributed by atoms with Crippen molar-refractivity contribution in [2.24, 2.45) is 5.73 Å². The summed E-state index contributed by atoms with van der Waals surface area (Å²) >= 11 is 0. The predicted octanol–water partition coefficient (Wildman–Crippen LogP) is 2.75. The SMILES string of the molecule is CCCC(N)c1nc(-c2cc([N+](=O)[O-])ccc2C)no1. The van der Waals surface area contributed by atoms with E-state index in [0.29, 0.717) is 17.3 Å². The minimum absolute atomic E-state index is 0.00481. The molecule has 1 aromatic carbocycles. The van der Waals surface area contributed by atoms with Gasteiger partial charge in [-0.3, -0.25) is 10.1 Å². The van der Waals surface area contributed by atoms with Gasteiger partial charge in [0.05, 0.1) is 11.0 Å². The van der Waals surface area contributed by atoms with Gasteiger partial charge in [0.25, 0.3) is 5.69 Å². The molecule has 0 spiro atoms. The van der Waals surface area contributed by atoms with Gasteiger partial charge in [0, 0.05) is 17.7 Å². The fourth-order valence-corrected chi connectivity index (χ4v) is 1.89. The quantitative estimate of drug-likeness (QED) is 0.664. The summed E-state index contributed by atoms with van der Waals surface area (Å²) < 4.78 is 5.13. The van der Waals surface area contributed by atoms with Crippen LogP contribution in [0.5, 0.6) is 0 Å². The second-order valence-electron chi connectivity index (χ2n) is 4.61. The second kappa shape index (κ2) is 5.79. The lowest BCUT2D eigenvalue weighted by atomic mass is 10.1. The molecule has 0 aliphatic rings. The first kappa shape index (κ1) is 14.1. The van der Waals surface area contributed by atoms with Gasteiger partial charge >= 0.3 is 0 Å². The van der Waals surface area contributed by atoms with Crippen molar-refractivity contribution in [2.45, 2.75) is 32.7 Å². The minimum atomic E-state index is -0.452. The highest BCUT2D eigenvalue weighted by molar-refractivity contribution is 5.63. The zero-order valence-electron chi connectivity index (χ0n) is 11.4. The van der Waals surface area contributed by atoms with E-state index in [1.54, 1.807) is 6.07 Å². The summed E-state index contributed by atoms with van der Waals surface area (Å²) in [6.07, 6.45) is 1.66. The molecule has 0 aliphatic carbocycles. The lowest BCUT2D eigenvalue weighted by molar-refractivity contribution is -0.384. The van der Waals surface area contributed by atoms with Crippen molar-refractivity contribution < 1.29 is 9.45 Å². The monoisotopic (exact) mass is 276 g/mol. The van der Waals surface area contributed by atoms with E-state index in [4.69, 9.17) is 10.3 Å². The number of nitro benzene ring substituents is 1. The predicted molar refractivity (Wildman–Crippen MR) is 73.0 cm³/mol. The number of nitro groups is 1. The molecule has 106 valence electrons. The maximum absolute atomic E-state index is 10.8. The Bertz CT molecular complexity index is 624. The van der Waals surface area contributed by atoms with Gasteiger partial charge in [-0.25, -0.2) is 0 Å². The fourth-order valence-electron chi connectivity index (χ4n) is 1.89. The van der Waals surface area contributed by atoms with Crippen molar-refractivity contribution in [3.63, 3.8) is 0 Å². The van der Waals surface area contributed by atoms with E-state index in [0.717, 1.165) is 18.4 Å². The Morgan fingerprint density at radius 2 is 2.25 bits per heavy atom. The standard InChI is InChI=1S/C13H16N4O3/c1-3-4-11(14)13-15-12(16-20-13)10-7-9(17(18)19)6-5-8(10)2/h5-7,11H,3-4,14H2,1-2H3. The number of hydrogen-bond acceptors (Lipinski definition) is 6. The van der Waals surface area contributed by atoms with E-state index in [1.165, 1.54) is 12.1 Å². The number of aryl methyl sites for hydroxylation is 1. The van der Waals surface area contributed by atoms with Crippen molar-refractivity contribution >= 4 is 5.69 Å². The van der Waals surface area contributed by atoms with Crippen LogP contribution in [0.1, 0.15) is 37.3 Å². The van der Waals surface area contributed by atoms with Crippen molar-refractivity contribution in [1.82, 2.24) is 10.1 Å². The molecule has 1 aromatic heterocycles. The number of non-ortho nitro benzene ring substituents is 1. The molecule has 0 bridgehead atoms. The third kappa shape index (κ3) is 2.83. The number of rotatable bonds is 5. The zero-order chi connectivity index (χ0) is 14.7. The number of benzene rings is 1. The molecule has 0 aliphatic heterocycles. The lowest BCUT2D eigenvalue weighted by Gasteiger charge is -2.02. The van der Waals surface area contributed by atoms with E-state index in [1.807, 2.05) is 13.8 Å². The fraction of sp³-hybridized carbons (Fsp3) is 0.385. The number of hydrogen-bond donors (Lipinski definition) is 1. The Balaban J connectivity index is 2.36. The smallest absolute Gasteiger partial charge is 0.270 e. The molecule has 2 aromatic rings. The molecule has 0 amide bonds. The molecule has 1 unspecified atom stereocenters. The Morgan fingerprint density at radius 1 is 1.50 bits per heavy atom. The number of nitrogens with zero attached hydrogens (tertiary/aromatic N) is 3. The molecule has 2 rings (SSSR count). The maximum atomic E-state index is 10.8. The third-order valence-corrected chi connectivity index (χ3v) is 3.03. The molecule has 0 fully saturated rings. The minimum Gasteiger partial charge on any atom is -0.337 e. The van der Waals surface area contributed by atoms with Gasteiger partial charge < -0.3 is 10.3 Å². The summed E-state index contributed by atoms with van der Waals surface area (Å²) in [6.45, 7) is 3.85. The summed E-state index contributed by atoms with van der Waals surface area (Å²) in [5, 5.41) is 14.7. The van der Waals surface area contributed by atoms with Crippen LogP contribution >= 0.6 is 0 Å². The van der Waals surface area contributed by atoms with Crippen LogP contribution in [0, 0.1) is 17.0 Å². The van der Waals surface area contributed by atoms with Crippen LogP contribution in [0.2, 0.25) is 0 Å². The normalized spacial score (nSPS) is 12.3. The van der Waals surface area contributed by atoms with E-state index in [2.05, 4.69) is 10.1 Å². The van der Waals surface area contributed by atoms with Gasteiger partial charge in [-0.1, -0.05) is 24.6 Å². The first-order valence-corrected chi connectivity index (χ1v) is 6.37. The molecule has 7 heteroatoms. The molecule has 2 N–H and O–H groups in total. The number of aromatic nitrogens is 2. The first-order valence-electron chi connectivity index (χ1n) is 6.37. The summed E-state index contributed by atoms with van der Waals surface area (Å²) in [4.78, 5) is 14.6. The lowest BCUT2D eigenvalue weighted by Crippen LogP contribution is -2.09. The molecule has 1 atom stereocenters. The zero-order valence-corrected chi connectivity index (χ0v) is 11.4. The van der Waals surface area contributed by atoms with Gasteiger partial charge in [-0.05, 0) is 18.9 Å². The highest BCUT2D eigenvalue weighted by atomic mass is 16.6. The maximum Gasteiger partial charge on any atom is 0.270 e. The summed E-state index contributed by atoms with van der Waals surface area (Å²) in [6, 6.07) is 4.24. The van der Waals surface area contributed by atoms with Crippen molar-refractivity contribution in [3.05, 3.63) is 39.8 Å². The Kier molecular flexibility index (Phi) is 4.09. The molecule has 0 saturated carbocycles. The van der Waals surface area contributed by atoms with Crippen LogP contribution in [0.3, 0.4) is 0 Å². The molecule has 1 heterocycles. The molecule has 20 heavy (non-hydrogen) atoms. The van der Waals surface area contributed by atoms with Gasteiger partial charge in [-0.15, -0.1) is 0 Å². The van der Waals surface area contributed by atoms with E-state index in [9.17, 15) is 10.1 Å². The van der Waals surface area contributed by atoms with Crippen LogP contribution in [0.4, 0.5) is 5.69 Å². The van der Waals surface area contributed by atoms with Gasteiger partial charge in [0.15, 0.2) is 0 Å². The molecular formula is C13H16N4O3. The highest BCUT2D eigenvalue weighted by Crippen LogP contribution is 2.26. The van der Waals surface area contributed by atoms with Crippen LogP contribution in [0.25, 0.3) is 11.4 Å². The van der Waals surface area contributed by atoms with E-state index < -0.39 is 4.92 Å². The average Bonchev–Trinajstić information content (AvgIpc) is 2.88. The average molecular weight is 276 g/mol. The Morgan fingerprint density at radius 3 is 2.90 bits per heavy atom. The Labute approximate surface area is 115 Å². The topological polar surface area (TPSA) is 108 Å². The summed E-state index contributed by atoms with van der Waals surface area (Å²) in [5.41, 5.74) is 7.33. The molecule has 0 saturated heterocycles. The van der Waals surface area contributed by atoms with Gasteiger partial charge in [0.1, 0.15) is 0 Å². The highest BCUT2D eigenvalue weighted by Gasteiger charge is 2.18. The van der Waals surface area contributed by atoms with Crippen molar-refractivity contribution in [3.8, 4) is 11.4 Å². The second-order valence-corrected chi connectivity index (χ2v) is 4.61. The van der Waals surface area contributed by atoms with E-state index in [-0.39, 0.29) is 11.7 Å². The van der Waals surface area contributed by atoms with Crippen LogP contribution in [0.15, 0.2) is 22.7 Å². The van der Waals surface area contributed by atoms with Crippen LogP contribution < -0.4 is 5.73 Å². The third-order valence-electron chi connectivity index (χ3n) is 3.03. The number of nitrogens with two attached hydrogens (primary N) is 1.